The molecule has 0 aromatic heterocycles. The van der Waals surface area contributed by atoms with Crippen molar-refractivity contribution in [3.63, 3.8) is 0 Å². The first kappa shape index (κ1) is 11.2. The van der Waals surface area contributed by atoms with Crippen LogP contribution >= 0.6 is 11.6 Å². The van der Waals surface area contributed by atoms with E-state index in [1.54, 1.807) is 0 Å². The Balaban J connectivity index is 3.15. The number of rotatable bonds is 6. The van der Waals surface area contributed by atoms with Crippen molar-refractivity contribution < 1.29 is 0 Å². The van der Waals surface area contributed by atoms with Crippen molar-refractivity contribution >= 4 is 11.6 Å². The van der Waals surface area contributed by atoms with Crippen LogP contribution < -0.4 is 5.32 Å². The van der Waals surface area contributed by atoms with E-state index in [1.165, 1.54) is 6.42 Å². The van der Waals surface area contributed by atoms with Crippen LogP contribution in [0.5, 0.6) is 0 Å². The van der Waals surface area contributed by atoms with Gasteiger partial charge in [0.1, 0.15) is 0 Å². The molecule has 0 aromatic rings. The average Bonchev–Trinajstić information content (AvgIpc) is 1.86. The van der Waals surface area contributed by atoms with Gasteiger partial charge in [-0.3, -0.25) is 0 Å². The first-order valence-electron chi connectivity index (χ1n) is 4.51. The average molecular weight is 178 g/mol. The Labute approximate surface area is 75.5 Å². The molecule has 0 heterocycles. The normalized spacial score (nSPS) is 16.4. The van der Waals surface area contributed by atoms with Gasteiger partial charge in [0.25, 0.3) is 0 Å². The van der Waals surface area contributed by atoms with Gasteiger partial charge in [-0.25, -0.2) is 0 Å². The molecule has 68 valence electrons. The standard InChI is InChI=1S/C9H20ClN/c1-4-11-6-5-8(2)7-9(3)10/h8-9,11H,4-7H2,1-3H3. The summed E-state index contributed by atoms with van der Waals surface area (Å²) in [4.78, 5) is 0. The summed E-state index contributed by atoms with van der Waals surface area (Å²) in [6, 6.07) is 0. The van der Waals surface area contributed by atoms with Gasteiger partial charge >= 0.3 is 0 Å². The van der Waals surface area contributed by atoms with Crippen LogP contribution in [0.1, 0.15) is 33.6 Å². The first-order valence-corrected chi connectivity index (χ1v) is 4.95. The van der Waals surface area contributed by atoms with E-state index in [2.05, 4.69) is 26.1 Å². The fourth-order valence-corrected chi connectivity index (χ4v) is 1.50. The zero-order valence-electron chi connectivity index (χ0n) is 7.86. The van der Waals surface area contributed by atoms with Crippen LogP contribution in [0.4, 0.5) is 0 Å². The Morgan fingerprint density at radius 1 is 1.36 bits per heavy atom. The van der Waals surface area contributed by atoms with E-state index in [9.17, 15) is 0 Å². The molecule has 0 saturated heterocycles. The van der Waals surface area contributed by atoms with Crippen LogP contribution in [0.3, 0.4) is 0 Å². The predicted molar refractivity (Wildman–Crippen MR) is 52.3 cm³/mol. The summed E-state index contributed by atoms with van der Waals surface area (Å²) in [6.07, 6.45) is 2.37. The van der Waals surface area contributed by atoms with E-state index in [0.29, 0.717) is 5.38 Å². The van der Waals surface area contributed by atoms with Crippen molar-refractivity contribution in [1.29, 1.82) is 0 Å². The summed E-state index contributed by atoms with van der Waals surface area (Å²) < 4.78 is 0. The van der Waals surface area contributed by atoms with Gasteiger partial charge in [-0.15, -0.1) is 11.6 Å². The maximum Gasteiger partial charge on any atom is 0.0310 e. The van der Waals surface area contributed by atoms with E-state index in [-0.39, 0.29) is 0 Å². The van der Waals surface area contributed by atoms with Crippen molar-refractivity contribution in [2.45, 2.75) is 39.0 Å². The Morgan fingerprint density at radius 2 is 2.00 bits per heavy atom. The molecule has 2 atom stereocenters. The molecule has 2 unspecified atom stereocenters. The lowest BCUT2D eigenvalue weighted by Gasteiger charge is -2.12. The van der Waals surface area contributed by atoms with Crippen LogP contribution in [0.25, 0.3) is 0 Å². The Morgan fingerprint density at radius 3 is 2.45 bits per heavy atom. The van der Waals surface area contributed by atoms with Gasteiger partial charge in [0.2, 0.25) is 0 Å². The second kappa shape index (κ2) is 6.93. The lowest BCUT2D eigenvalue weighted by atomic mass is 10.0. The third-order valence-electron chi connectivity index (χ3n) is 1.79. The van der Waals surface area contributed by atoms with Crippen LogP contribution in [0, 0.1) is 5.92 Å². The fourth-order valence-electron chi connectivity index (χ4n) is 1.20. The molecule has 0 aliphatic carbocycles. The highest BCUT2D eigenvalue weighted by atomic mass is 35.5. The molecule has 0 radical (unpaired) electrons. The zero-order chi connectivity index (χ0) is 8.69. The zero-order valence-corrected chi connectivity index (χ0v) is 8.62. The highest BCUT2D eigenvalue weighted by molar-refractivity contribution is 6.20. The quantitative estimate of drug-likeness (QED) is 0.486. The molecular formula is C9H20ClN. The van der Waals surface area contributed by atoms with E-state index >= 15 is 0 Å². The van der Waals surface area contributed by atoms with Crippen LogP contribution in [0.15, 0.2) is 0 Å². The summed E-state index contributed by atoms with van der Waals surface area (Å²) in [6.45, 7) is 8.65. The minimum atomic E-state index is 0.326. The maximum absolute atomic E-state index is 5.87. The number of alkyl halides is 1. The largest absolute Gasteiger partial charge is 0.317 e. The summed E-state index contributed by atoms with van der Waals surface area (Å²) in [5.74, 6) is 0.751. The summed E-state index contributed by atoms with van der Waals surface area (Å²) in [5, 5.41) is 3.63. The number of hydrogen-bond acceptors (Lipinski definition) is 1. The van der Waals surface area contributed by atoms with Crippen molar-refractivity contribution in [1.82, 2.24) is 5.32 Å². The van der Waals surface area contributed by atoms with Gasteiger partial charge in [0.05, 0.1) is 0 Å². The van der Waals surface area contributed by atoms with Crippen molar-refractivity contribution in [3.8, 4) is 0 Å². The Hall–Kier alpha value is 0.250. The second-order valence-corrected chi connectivity index (χ2v) is 4.01. The van der Waals surface area contributed by atoms with Crippen molar-refractivity contribution in [2.24, 2.45) is 5.92 Å². The molecule has 0 aliphatic heterocycles. The number of nitrogens with one attached hydrogen (secondary N) is 1. The Kier molecular flexibility index (Phi) is 7.09. The van der Waals surface area contributed by atoms with Crippen molar-refractivity contribution in [3.05, 3.63) is 0 Å². The summed E-state index contributed by atoms with van der Waals surface area (Å²) in [5.41, 5.74) is 0. The van der Waals surface area contributed by atoms with Gasteiger partial charge in [-0.05, 0) is 38.8 Å². The van der Waals surface area contributed by atoms with Crippen molar-refractivity contribution in [2.75, 3.05) is 13.1 Å². The molecule has 0 rings (SSSR count). The highest BCUT2D eigenvalue weighted by Crippen LogP contribution is 2.13. The molecule has 11 heavy (non-hydrogen) atoms. The van der Waals surface area contributed by atoms with Gasteiger partial charge in [-0.2, -0.15) is 0 Å². The van der Waals surface area contributed by atoms with Crippen LogP contribution in [-0.4, -0.2) is 18.5 Å². The molecule has 0 spiro atoms. The topological polar surface area (TPSA) is 12.0 Å². The Bertz CT molecular complexity index is 83.6. The highest BCUT2D eigenvalue weighted by Gasteiger charge is 2.04. The molecule has 1 nitrogen and oxygen atoms in total. The first-order chi connectivity index (χ1) is 5.16. The molecule has 0 aromatic carbocycles. The molecule has 0 bridgehead atoms. The number of halogens is 1. The third kappa shape index (κ3) is 8.15. The fraction of sp³-hybridized carbons (Fsp3) is 1.00. The number of hydrogen-bond donors (Lipinski definition) is 1. The molecule has 0 saturated carbocycles. The minimum absolute atomic E-state index is 0.326. The molecule has 0 aliphatic rings. The second-order valence-electron chi connectivity index (χ2n) is 3.26. The van der Waals surface area contributed by atoms with Gasteiger partial charge in [0.15, 0.2) is 0 Å². The predicted octanol–water partition coefficient (Wildman–Crippen LogP) is 2.64. The SMILES string of the molecule is CCNCCC(C)CC(C)Cl. The smallest absolute Gasteiger partial charge is 0.0310 e. The van der Waals surface area contributed by atoms with E-state index in [4.69, 9.17) is 11.6 Å². The van der Waals surface area contributed by atoms with Gasteiger partial charge < -0.3 is 5.32 Å². The minimum Gasteiger partial charge on any atom is -0.317 e. The maximum atomic E-state index is 5.87. The molecule has 2 heteroatoms. The molecule has 0 amide bonds. The molecule has 1 N–H and O–H groups in total. The lowest BCUT2D eigenvalue weighted by molar-refractivity contribution is 0.472. The van der Waals surface area contributed by atoms with Gasteiger partial charge in [-0.1, -0.05) is 13.8 Å². The molecular weight excluding hydrogens is 158 g/mol. The van der Waals surface area contributed by atoms with Crippen LogP contribution in [0.2, 0.25) is 0 Å². The summed E-state index contributed by atoms with van der Waals surface area (Å²) >= 11 is 5.87. The van der Waals surface area contributed by atoms with Gasteiger partial charge in [0, 0.05) is 5.38 Å². The summed E-state index contributed by atoms with van der Waals surface area (Å²) in [7, 11) is 0. The van der Waals surface area contributed by atoms with E-state index < -0.39 is 0 Å². The van der Waals surface area contributed by atoms with E-state index in [1.807, 2.05) is 0 Å². The molecule has 0 fully saturated rings. The third-order valence-corrected chi connectivity index (χ3v) is 1.97. The van der Waals surface area contributed by atoms with Crippen LogP contribution in [-0.2, 0) is 0 Å². The van der Waals surface area contributed by atoms with E-state index in [0.717, 1.165) is 25.4 Å². The lowest BCUT2D eigenvalue weighted by Crippen LogP contribution is -2.17. The monoisotopic (exact) mass is 177 g/mol.